The van der Waals surface area contributed by atoms with Crippen molar-refractivity contribution in [1.82, 2.24) is 19.7 Å². The van der Waals surface area contributed by atoms with E-state index in [1.165, 1.54) is 7.11 Å². The molecule has 0 aliphatic carbocycles. The van der Waals surface area contributed by atoms with Crippen molar-refractivity contribution in [3.8, 4) is 11.4 Å². The van der Waals surface area contributed by atoms with Gasteiger partial charge < -0.3 is 10.1 Å². The van der Waals surface area contributed by atoms with Crippen LogP contribution in [0.15, 0.2) is 42.5 Å². The zero-order valence-corrected chi connectivity index (χ0v) is 19.3. The number of nitrogens with one attached hydrogen (secondary N) is 1. The predicted octanol–water partition coefficient (Wildman–Crippen LogP) is 5.30. The highest BCUT2D eigenvalue weighted by molar-refractivity contribution is 6.42. The van der Waals surface area contributed by atoms with E-state index < -0.39 is 5.97 Å². The molecule has 9 heteroatoms. The number of ether oxygens (including phenoxy) is 1. The number of halogens is 2. The average molecular weight is 470 g/mol. The van der Waals surface area contributed by atoms with E-state index in [1.807, 2.05) is 26.1 Å². The second kappa shape index (κ2) is 9.14. The minimum Gasteiger partial charge on any atom is -0.465 e. The average Bonchev–Trinajstić information content (AvgIpc) is 3.15. The zero-order valence-electron chi connectivity index (χ0n) is 17.8. The van der Waals surface area contributed by atoms with Gasteiger partial charge in [-0.05, 0) is 36.2 Å². The van der Waals surface area contributed by atoms with E-state index in [1.54, 1.807) is 35.0 Å². The number of hydrogen-bond acceptors (Lipinski definition) is 6. The molecule has 4 rings (SSSR count). The van der Waals surface area contributed by atoms with Gasteiger partial charge in [0.25, 0.3) is 0 Å². The molecule has 32 heavy (non-hydrogen) atoms. The van der Waals surface area contributed by atoms with Crippen molar-refractivity contribution in [1.29, 1.82) is 0 Å². The number of aryl methyl sites for hydroxylation is 2. The van der Waals surface area contributed by atoms with E-state index in [-0.39, 0.29) is 0 Å². The Bertz CT molecular complexity index is 1300. The van der Waals surface area contributed by atoms with Crippen LogP contribution in [0.5, 0.6) is 0 Å². The monoisotopic (exact) mass is 469 g/mol. The maximum Gasteiger partial charge on any atom is 0.337 e. The van der Waals surface area contributed by atoms with E-state index in [2.05, 4.69) is 10.4 Å². The van der Waals surface area contributed by atoms with E-state index in [4.69, 9.17) is 37.9 Å². The summed E-state index contributed by atoms with van der Waals surface area (Å²) in [5.74, 6) is 0.811. The van der Waals surface area contributed by atoms with E-state index >= 15 is 0 Å². The molecule has 0 bridgehead atoms. The molecule has 0 fully saturated rings. The maximum atomic E-state index is 11.7. The number of benzene rings is 2. The number of fused-ring (bicyclic) bond motifs is 1. The number of esters is 1. The van der Waals surface area contributed by atoms with Crippen LogP contribution in [-0.2, 0) is 24.8 Å². The molecule has 2 heterocycles. The van der Waals surface area contributed by atoms with Gasteiger partial charge in [-0.15, -0.1) is 0 Å². The first-order valence-electron chi connectivity index (χ1n) is 10.0. The highest BCUT2D eigenvalue weighted by Gasteiger charge is 2.18. The standard InChI is InChI=1S/C23H21Cl2N5O2/c1-4-18-19-21(26-12-13-5-10-16(24)17(25)11-13)27-20(28-22(19)30(2)29-18)14-6-8-15(9-7-14)23(31)32-3/h5-11H,4,12H2,1-3H3,(H,26,27,28). The highest BCUT2D eigenvalue weighted by Crippen LogP contribution is 2.29. The summed E-state index contributed by atoms with van der Waals surface area (Å²) in [7, 11) is 3.22. The van der Waals surface area contributed by atoms with Gasteiger partial charge in [-0.2, -0.15) is 5.10 Å². The van der Waals surface area contributed by atoms with E-state index in [0.29, 0.717) is 33.8 Å². The molecule has 7 nitrogen and oxygen atoms in total. The number of anilines is 1. The van der Waals surface area contributed by atoms with Crippen LogP contribution in [0, 0.1) is 0 Å². The number of rotatable bonds is 6. The van der Waals surface area contributed by atoms with E-state index in [9.17, 15) is 4.79 Å². The maximum absolute atomic E-state index is 11.7. The van der Waals surface area contributed by atoms with Gasteiger partial charge in [-0.3, -0.25) is 0 Å². The number of hydrogen-bond donors (Lipinski definition) is 1. The number of nitrogens with zero attached hydrogens (tertiary/aromatic N) is 4. The molecule has 0 saturated heterocycles. The third-order valence-electron chi connectivity index (χ3n) is 5.10. The lowest BCUT2D eigenvalue weighted by Crippen LogP contribution is -2.05. The highest BCUT2D eigenvalue weighted by atomic mass is 35.5. The molecule has 1 N–H and O–H groups in total. The summed E-state index contributed by atoms with van der Waals surface area (Å²) in [4.78, 5) is 21.3. The summed E-state index contributed by atoms with van der Waals surface area (Å²) in [6.07, 6.45) is 0.745. The predicted molar refractivity (Wildman–Crippen MR) is 126 cm³/mol. The lowest BCUT2D eigenvalue weighted by Gasteiger charge is -2.11. The molecule has 0 atom stereocenters. The molecule has 2 aromatic heterocycles. The summed E-state index contributed by atoms with van der Waals surface area (Å²) in [5.41, 5.74) is 3.84. The lowest BCUT2D eigenvalue weighted by molar-refractivity contribution is 0.0600. The van der Waals surface area contributed by atoms with Crippen molar-refractivity contribution in [3.63, 3.8) is 0 Å². The van der Waals surface area contributed by atoms with Gasteiger partial charge in [0.2, 0.25) is 0 Å². The molecule has 0 unspecified atom stereocenters. The largest absolute Gasteiger partial charge is 0.465 e. The summed E-state index contributed by atoms with van der Waals surface area (Å²) in [6.45, 7) is 2.55. The van der Waals surface area contributed by atoms with Crippen LogP contribution in [0.4, 0.5) is 5.82 Å². The van der Waals surface area contributed by atoms with Gasteiger partial charge in [-0.25, -0.2) is 19.4 Å². The minimum absolute atomic E-state index is 0.392. The Morgan fingerprint density at radius 3 is 2.50 bits per heavy atom. The molecular weight excluding hydrogens is 449 g/mol. The first-order valence-corrected chi connectivity index (χ1v) is 10.8. The van der Waals surface area contributed by atoms with Crippen LogP contribution in [-0.4, -0.2) is 32.8 Å². The Hall–Kier alpha value is -3.16. The van der Waals surface area contributed by atoms with Crippen molar-refractivity contribution in [2.24, 2.45) is 7.05 Å². The molecule has 0 spiro atoms. The summed E-state index contributed by atoms with van der Waals surface area (Å²) in [6, 6.07) is 12.5. The second-order valence-electron chi connectivity index (χ2n) is 7.19. The third kappa shape index (κ3) is 4.26. The Kier molecular flexibility index (Phi) is 6.30. The first kappa shape index (κ1) is 22.0. The fraction of sp³-hybridized carbons (Fsp3) is 0.217. The Morgan fingerprint density at radius 1 is 1.09 bits per heavy atom. The number of carbonyl (C=O) groups excluding carboxylic acids is 1. The number of methoxy groups -OCH3 is 1. The van der Waals surface area contributed by atoms with Crippen molar-refractivity contribution in [2.75, 3.05) is 12.4 Å². The lowest BCUT2D eigenvalue weighted by atomic mass is 10.1. The van der Waals surface area contributed by atoms with Crippen LogP contribution in [0.3, 0.4) is 0 Å². The topological polar surface area (TPSA) is 81.9 Å². The molecule has 0 radical (unpaired) electrons. The fourth-order valence-corrected chi connectivity index (χ4v) is 3.76. The summed E-state index contributed by atoms with van der Waals surface area (Å²) in [5, 5.41) is 9.91. The van der Waals surface area contributed by atoms with Crippen molar-refractivity contribution >= 4 is 46.0 Å². The van der Waals surface area contributed by atoms with Crippen LogP contribution in [0.25, 0.3) is 22.4 Å². The van der Waals surface area contributed by atoms with Crippen LogP contribution < -0.4 is 5.32 Å². The van der Waals surface area contributed by atoms with Gasteiger partial charge in [0.1, 0.15) is 5.82 Å². The minimum atomic E-state index is -0.392. The smallest absolute Gasteiger partial charge is 0.337 e. The Morgan fingerprint density at radius 2 is 1.84 bits per heavy atom. The van der Waals surface area contributed by atoms with Gasteiger partial charge in [-0.1, -0.05) is 48.3 Å². The van der Waals surface area contributed by atoms with Crippen molar-refractivity contribution < 1.29 is 9.53 Å². The molecule has 0 aliphatic rings. The second-order valence-corrected chi connectivity index (χ2v) is 8.00. The van der Waals surface area contributed by atoms with E-state index in [0.717, 1.165) is 34.3 Å². The van der Waals surface area contributed by atoms with Gasteiger partial charge in [0.15, 0.2) is 11.5 Å². The van der Waals surface area contributed by atoms with Crippen LogP contribution in [0.1, 0.15) is 28.5 Å². The van der Waals surface area contributed by atoms with Crippen molar-refractivity contribution in [3.05, 3.63) is 69.3 Å². The molecular formula is C23H21Cl2N5O2. The van der Waals surface area contributed by atoms with Gasteiger partial charge in [0, 0.05) is 19.2 Å². The third-order valence-corrected chi connectivity index (χ3v) is 5.84. The van der Waals surface area contributed by atoms with Gasteiger partial charge in [0.05, 0.1) is 33.8 Å². The quantitative estimate of drug-likeness (QED) is 0.385. The number of carbonyl (C=O) groups is 1. The molecule has 0 saturated carbocycles. The van der Waals surface area contributed by atoms with Crippen molar-refractivity contribution in [2.45, 2.75) is 19.9 Å². The Labute approximate surface area is 195 Å². The SMILES string of the molecule is CCc1nn(C)c2nc(-c3ccc(C(=O)OC)cc3)nc(NCc3ccc(Cl)c(Cl)c3)c12. The first-order chi connectivity index (χ1) is 15.4. The molecule has 0 aliphatic heterocycles. The molecule has 2 aromatic carbocycles. The van der Waals surface area contributed by atoms with Crippen LogP contribution >= 0.6 is 23.2 Å². The van der Waals surface area contributed by atoms with Crippen LogP contribution in [0.2, 0.25) is 10.0 Å². The molecule has 4 aromatic rings. The number of aromatic nitrogens is 4. The summed E-state index contributed by atoms with van der Waals surface area (Å²) >= 11 is 12.2. The fourth-order valence-electron chi connectivity index (χ4n) is 3.44. The Balaban J connectivity index is 1.76. The molecule has 0 amide bonds. The zero-order chi connectivity index (χ0) is 22.8. The van der Waals surface area contributed by atoms with Gasteiger partial charge >= 0.3 is 5.97 Å². The molecule has 164 valence electrons. The normalized spacial score (nSPS) is 11.0. The summed E-state index contributed by atoms with van der Waals surface area (Å²) < 4.78 is 6.53.